The van der Waals surface area contributed by atoms with Gasteiger partial charge in [-0.3, -0.25) is 9.59 Å². The van der Waals surface area contributed by atoms with Gasteiger partial charge in [-0.15, -0.1) is 11.3 Å². The van der Waals surface area contributed by atoms with Gasteiger partial charge in [-0.25, -0.2) is 9.78 Å². The normalized spacial score (nSPS) is 20.8. The van der Waals surface area contributed by atoms with Gasteiger partial charge in [0.2, 0.25) is 11.9 Å². The van der Waals surface area contributed by atoms with Crippen molar-refractivity contribution in [2.45, 2.75) is 55.9 Å². The molecule has 47 heavy (non-hydrogen) atoms. The molecule has 0 unspecified atom stereocenters. The van der Waals surface area contributed by atoms with Crippen LogP contribution in [0, 0.1) is 5.92 Å². The Labute approximate surface area is 282 Å². The fraction of sp³-hybridized carbons (Fsp3) is 0.531. The minimum Gasteiger partial charge on any atom is -0.356 e. The Balaban J connectivity index is 0.987. The Kier molecular flexibility index (Phi) is 10.3. The molecule has 3 amide bonds. The summed E-state index contributed by atoms with van der Waals surface area (Å²) in [5, 5.41) is 13.0. The number of piperidine rings is 1. The number of nitrogens with one attached hydrogen (secondary N) is 2. The van der Waals surface area contributed by atoms with Gasteiger partial charge < -0.3 is 25.3 Å². The first-order chi connectivity index (χ1) is 22.8. The van der Waals surface area contributed by atoms with E-state index >= 15 is 0 Å². The number of aromatic nitrogens is 2. The molecule has 3 aliphatic heterocycles. The van der Waals surface area contributed by atoms with Crippen LogP contribution >= 0.6 is 23.1 Å². The van der Waals surface area contributed by atoms with Gasteiger partial charge in [-0.1, -0.05) is 35.8 Å². The molecule has 3 aromatic rings. The minimum atomic E-state index is -0.0761. The van der Waals surface area contributed by atoms with E-state index in [0.29, 0.717) is 55.0 Å². The fourth-order valence-electron chi connectivity index (χ4n) is 6.55. The van der Waals surface area contributed by atoms with Gasteiger partial charge >= 0.3 is 6.03 Å². The zero-order valence-electron chi connectivity index (χ0n) is 26.7. The lowest BCUT2D eigenvalue weighted by molar-refractivity contribution is -0.129. The quantitative estimate of drug-likeness (QED) is 0.0612. The predicted octanol–water partition coefficient (Wildman–Crippen LogP) is 5.35. The highest BCUT2D eigenvalue weighted by atomic mass is 32.2. The Morgan fingerprint density at radius 2 is 1.87 bits per heavy atom. The monoisotopic (exact) mass is 676 g/mol. The third-order valence-electron chi connectivity index (χ3n) is 9.38. The highest BCUT2D eigenvalue weighted by molar-refractivity contribution is 8.00. The fourth-order valence-corrected chi connectivity index (χ4v) is 8.85. The number of likely N-dealkylation sites (N-methyl/N-ethyl adjacent to an activating group) is 2. The molecule has 0 saturated carbocycles. The number of thioether (sulfide) groups is 1. The van der Waals surface area contributed by atoms with Crippen molar-refractivity contribution in [1.29, 1.82) is 0 Å². The summed E-state index contributed by atoms with van der Waals surface area (Å²) in [6.45, 7) is 2.58. The van der Waals surface area contributed by atoms with E-state index in [1.54, 1.807) is 40.5 Å². The number of benzene rings is 1. The standard InChI is InChI=1S/C32H40N10O3S2/c1-40(26(43)6-4-3-5-25-27-24(19-47-25)34-32(45)35-27)16-17-41(2)31-36-29(23-13-18-46-30(23)37-31)42-14-11-21(12-15-42)28(44)20-7-9-22(10-8-20)38-39-33/h7-10,13,18,21,24-25,27H,3-6,11-12,14-17,19H2,1-2H3,(H2,34,35,45)/t24-,25-,27-/m0/s1. The van der Waals surface area contributed by atoms with Crippen molar-refractivity contribution in [3.8, 4) is 0 Å². The van der Waals surface area contributed by atoms with E-state index < -0.39 is 0 Å². The lowest BCUT2D eigenvalue weighted by Crippen LogP contribution is -2.38. The summed E-state index contributed by atoms with van der Waals surface area (Å²) in [6, 6.07) is 9.22. The number of thiophene rings is 1. The second kappa shape index (κ2) is 14.8. The smallest absolute Gasteiger partial charge is 0.315 e. The number of nitrogens with zero attached hydrogens (tertiary/aromatic N) is 8. The first kappa shape index (κ1) is 32.9. The molecule has 3 atom stereocenters. The van der Waals surface area contributed by atoms with Gasteiger partial charge in [-0.05, 0) is 42.7 Å². The van der Waals surface area contributed by atoms with Crippen molar-refractivity contribution < 1.29 is 14.4 Å². The van der Waals surface area contributed by atoms with E-state index in [-0.39, 0.29) is 35.7 Å². The molecular formula is C32H40N10O3S2. The highest BCUT2D eigenvalue weighted by Crippen LogP contribution is 2.34. The first-order valence-electron chi connectivity index (χ1n) is 16.1. The number of carbonyl (C=O) groups is 3. The number of rotatable bonds is 13. The molecule has 3 fully saturated rings. The van der Waals surface area contributed by atoms with Crippen LogP contribution in [0.4, 0.5) is 22.2 Å². The van der Waals surface area contributed by atoms with Crippen molar-refractivity contribution in [1.82, 2.24) is 25.5 Å². The number of ketones is 1. The van der Waals surface area contributed by atoms with Gasteiger partial charge in [-0.2, -0.15) is 16.7 Å². The lowest BCUT2D eigenvalue weighted by atomic mass is 9.89. The molecule has 13 nitrogen and oxygen atoms in total. The molecule has 248 valence electrons. The maximum Gasteiger partial charge on any atom is 0.315 e. The van der Waals surface area contributed by atoms with E-state index in [1.807, 2.05) is 36.1 Å². The molecule has 0 bridgehead atoms. The summed E-state index contributed by atoms with van der Waals surface area (Å²) in [7, 11) is 3.81. The summed E-state index contributed by atoms with van der Waals surface area (Å²) in [4.78, 5) is 57.2. The van der Waals surface area contributed by atoms with Crippen LogP contribution in [0.25, 0.3) is 20.7 Å². The topological polar surface area (TPSA) is 160 Å². The van der Waals surface area contributed by atoms with Crippen molar-refractivity contribution >= 4 is 68.5 Å². The number of fused-ring (bicyclic) bond motifs is 2. The van der Waals surface area contributed by atoms with E-state index in [9.17, 15) is 14.4 Å². The second-order valence-electron chi connectivity index (χ2n) is 12.5. The van der Waals surface area contributed by atoms with Crippen LogP contribution in [0.2, 0.25) is 0 Å². The Bertz CT molecular complexity index is 1650. The second-order valence-corrected chi connectivity index (χ2v) is 14.6. The summed E-state index contributed by atoms with van der Waals surface area (Å²) < 4.78 is 0. The third kappa shape index (κ3) is 7.58. The van der Waals surface area contributed by atoms with Crippen LogP contribution in [-0.2, 0) is 4.79 Å². The molecule has 2 N–H and O–H groups in total. The average Bonchev–Trinajstić information content (AvgIpc) is 3.81. The van der Waals surface area contributed by atoms with Crippen molar-refractivity contribution in [2.75, 3.05) is 55.8 Å². The number of Topliss-reactive ketones (excluding diaryl/α,β-unsaturated/α-hetero) is 1. The van der Waals surface area contributed by atoms with E-state index in [4.69, 9.17) is 15.5 Å². The molecule has 5 heterocycles. The molecule has 2 aromatic heterocycles. The van der Waals surface area contributed by atoms with Gasteiger partial charge in [0.05, 0.1) is 17.5 Å². The van der Waals surface area contributed by atoms with Crippen LogP contribution in [0.5, 0.6) is 0 Å². The summed E-state index contributed by atoms with van der Waals surface area (Å²) in [5.74, 6) is 2.62. The van der Waals surface area contributed by atoms with Crippen LogP contribution in [0.3, 0.4) is 0 Å². The number of anilines is 2. The van der Waals surface area contributed by atoms with Crippen LogP contribution in [0.1, 0.15) is 48.9 Å². The number of hydrogen-bond donors (Lipinski definition) is 2. The van der Waals surface area contributed by atoms with E-state index in [1.165, 1.54) is 0 Å². The Hall–Kier alpha value is -4.07. The van der Waals surface area contributed by atoms with Gasteiger partial charge in [0.25, 0.3) is 0 Å². The molecular weight excluding hydrogens is 637 g/mol. The first-order valence-corrected chi connectivity index (χ1v) is 18.1. The molecule has 0 radical (unpaired) electrons. The number of unbranched alkanes of at least 4 members (excludes halogenated alkanes) is 1. The van der Waals surface area contributed by atoms with Crippen molar-refractivity contribution in [3.63, 3.8) is 0 Å². The van der Waals surface area contributed by atoms with Gasteiger partial charge in [0.15, 0.2) is 5.78 Å². The van der Waals surface area contributed by atoms with E-state index in [2.05, 4.69) is 31.6 Å². The predicted molar refractivity (Wildman–Crippen MR) is 187 cm³/mol. The Morgan fingerprint density at radius 3 is 2.64 bits per heavy atom. The number of urea groups is 1. The summed E-state index contributed by atoms with van der Waals surface area (Å²) in [5.41, 5.74) is 9.75. The highest BCUT2D eigenvalue weighted by Gasteiger charge is 2.42. The molecule has 0 spiro atoms. The van der Waals surface area contributed by atoms with Crippen LogP contribution < -0.4 is 20.4 Å². The maximum absolute atomic E-state index is 13.2. The SMILES string of the molecule is CN(CCN(C)c1nc(N2CCC(C(=O)c3ccc(N=[N+]=[N-])cc3)CC2)c2ccsc2n1)C(=O)CCCC[C@@H]1SC[C@@H]2NC(=O)N[C@@H]21. The molecule has 1 aromatic carbocycles. The molecule has 3 aliphatic rings. The zero-order chi connectivity index (χ0) is 32.9. The molecule has 15 heteroatoms. The summed E-state index contributed by atoms with van der Waals surface area (Å²) in [6.07, 6.45) is 4.75. The van der Waals surface area contributed by atoms with Gasteiger partial charge in [0.1, 0.15) is 10.6 Å². The minimum absolute atomic E-state index is 0.0636. The third-order valence-corrected chi connectivity index (χ3v) is 11.7. The number of azide groups is 1. The maximum atomic E-state index is 13.2. The molecule has 0 aliphatic carbocycles. The molecule has 6 rings (SSSR count). The Morgan fingerprint density at radius 1 is 1.09 bits per heavy atom. The largest absolute Gasteiger partial charge is 0.356 e. The molecule has 3 saturated heterocycles. The van der Waals surface area contributed by atoms with Crippen molar-refractivity contribution in [3.05, 3.63) is 51.7 Å². The number of carbonyl (C=O) groups excluding carboxylic acids is 3. The summed E-state index contributed by atoms with van der Waals surface area (Å²) >= 11 is 3.49. The lowest BCUT2D eigenvalue weighted by Gasteiger charge is -2.33. The number of amides is 3. The zero-order valence-corrected chi connectivity index (χ0v) is 28.3. The number of hydrogen-bond acceptors (Lipinski definition) is 10. The average molecular weight is 677 g/mol. The van der Waals surface area contributed by atoms with Crippen LogP contribution in [0.15, 0.2) is 40.8 Å². The van der Waals surface area contributed by atoms with Crippen molar-refractivity contribution in [2.24, 2.45) is 11.0 Å². The van der Waals surface area contributed by atoms with Gasteiger partial charge in [0, 0.05) is 79.8 Å². The van der Waals surface area contributed by atoms with E-state index in [0.717, 1.165) is 53.9 Å². The van der Waals surface area contributed by atoms with Crippen LogP contribution in [-0.4, -0.2) is 96.0 Å².